The minimum Gasteiger partial charge on any atom is -0.324 e. The maximum absolute atomic E-state index is 5.41. The van der Waals surface area contributed by atoms with Crippen molar-refractivity contribution in [3.05, 3.63) is 29.4 Å². The molecule has 0 saturated heterocycles. The van der Waals surface area contributed by atoms with Gasteiger partial charge in [0.25, 0.3) is 0 Å². The molecule has 0 amide bonds. The topological polar surface area (TPSA) is 64.7 Å². The highest BCUT2D eigenvalue weighted by atomic mass is 32.1. The summed E-state index contributed by atoms with van der Waals surface area (Å²) in [5.74, 6) is 0.663. The van der Waals surface area contributed by atoms with E-state index in [-0.39, 0.29) is 0 Å². The summed E-state index contributed by atoms with van der Waals surface area (Å²) in [6.07, 6.45) is 3.57. The number of hydrogen-bond acceptors (Lipinski definition) is 5. The van der Waals surface area contributed by atoms with Crippen LogP contribution in [0.1, 0.15) is 11.5 Å². The molecule has 4 nitrogen and oxygen atoms in total. The molecular formula is C9H10N4S. The fourth-order valence-corrected chi connectivity index (χ4v) is 1.94. The molecule has 2 aromatic heterocycles. The summed E-state index contributed by atoms with van der Waals surface area (Å²) in [5, 5.41) is 0. The summed E-state index contributed by atoms with van der Waals surface area (Å²) in [6.45, 7) is 2.35. The van der Waals surface area contributed by atoms with Crippen LogP contribution in [0.5, 0.6) is 0 Å². The number of aryl methyl sites for hydroxylation is 1. The van der Waals surface area contributed by atoms with Crippen LogP contribution in [0.15, 0.2) is 17.9 Å². The second-order valence-corrected chi connectivity index (χ2v) is 3.71. The molecule has 0 spiro atoms. The van der Waals surface area contributed by atoms with Crippen molar-refractivity contribution in [3.63, 3.8) is 0 Å². The fraction of sp³-hybridized carbons (Fsp3) is 0.222. The van der Waals surface area contributed by atoms with Crippen LogP contribution < -0.4 is 5.73 Å². The zero-order valence-electron chi connectivity index (χ0n) is 7.77. The third-order valence-corrected chi connectivity index (χ3v) is 2.87. The predicted molar refractivity (Wildman–Crippen MR) is 55.8 cm³/mol. The Hall–Kier alpha value is -1.33. The zero-order chi connectivity index (χ0) is 9.97. The molecule has 5 heteroatoms. The van der Waals surface area contributed by atoms with Crippen molar-refractivity contribution < 1.29 is 0 Å². The summed E-state index contributed by atoms with van der Waals surface area (Å²) >= 11 is 1.59. The first-order valence-electron chi connectivity index (χ1n) is 4.22. The fourth-order valence-electron chi connectivity index (χ4n) is 1.16. The maximum atomic E-state index is 5.41. The van der Waals surface area contributed by atoms with Crippen molar-refractivity contribution in [3.8, 4) is 10.4 Å². The van der Waals surface area contributed by atoms with Gasteiger partial charge in [0.1, 0.15) is 5.82 Å². The quantitative estimate of drug-likeness (QED) is 0.806. The molecule has 0 unspecified atom stereocenters. The van der Waals surface area contributed by atoms with Gasteiger partial charge in [-0.05, 0) is 6.92 Å². The Bertz CT molecular complexity index is 421. The smallest absolute Gasteiger partial charge is 0.141 e. The molecule has 0 fully saturated rings. The predicted octanol–water partition coefficient (Wildman–Crippen LogP) is 1.37. The van der Waals surface area contributed by atoms with Gasteiger partial charge in [0.2, 0.25) is 0 Å². The molecule has 0 aromatic carbocycles. The molecule has 2 aromatic rings. The highest BCUT2D eigenvalue weighted by molar-refractivity contribution is 7.13. The van der Waals surface area contributed by atoms with Gasteiger partial charge in [0.05, 0.1) is 22.6 Å². The Morgan fingerprint density at radius 2 is 2.00 bits per heavy atom. The van der Waals surface area contributed by atoms with Crippen molar-refractivity contribution in [1.29, 1.82) is 0 Å². The lowest BCUT2D eigenvalue weighted by Crippen LogP contribution is -2.01. The highest BCUT2D eigenvalue weighted by Crippen LogP contribution is 2.25. The van der Waals surface area contributed by atoms with Crippen molar-refractivity contribution >= 4 is 11.3 Å². The van der Waals surface area contributed by atoms with Crippen molar-refractivity contribution in [2.75, 3.05) is 0 Å². The molecule has 0 aliphatic carbocycles. The van der Waals surface area contributed by atoms with E-state index in [1.165, 1.54) is 0 Å². The second kappa shape index (κ2) is 3.81. The zero-order valence-corrected chi connectivity index (χ0v) is 8.58. The van der Waals surface area contributed by atoms with E-state index in [2.05, 4.69) is 15.0 Å². The number of rotatable bonds is 2. The summed E-state index contributed by atoms with van der Waals surface area (Å²) in [6, 6.07) is 0. The average molecular weight is 206 g/mol. The SMILES string of the molecule is Cc1ncsc1-c1cnc(CN)nc1. The van der Waals surface area contributed by atoms with E-state index in [0.29, 0.717) is 12.4 Å². The first-order valence-corrected chi connectivity index (χ1v) is 5.10. The van der Waals surface area contributed by atoms with Crippen LogP contribution >= 0.6 is 11.3 Å². The molecule has 0 radical (unpaired) electrons. The minimum absolute atomic E-state index is 0.377. The molecule has 72 valence electrons. The molecule has 2 N–H and O–H groups in total. The molecule has 0 aliphatic rings. The number of nitrogens with two attached hydrogens (primary N) is 1. The van der Waals surface area contributed by atoms with Crippen molar-refractivity contribution in [1.82, 2.24) is 15.0 Å². The third-order valence-electron chi connectivity index (χ3n) is 1.90. The Labute approximate surface area is 85.9 Å². The number of nitrogens with zero attached hydrogens (tertiary/aromatic N) is 3. The van der Waals surface area contributed by atoms with Crippen LogP contribution in [0.3, 0.4) is 0 Å². The van der Waals surface area contributed by atoms with Crippen LogP contribution in [0, 0.1) is 6.92 Å². The van der Waals surface area contributed by atoms with Crippen molar-refractivity contribution in [2.24, 2.45) is 5.73 Å². The van der Waals surface area contributed by atoms with E-state index in [4.69, 9.17) is 5.73 Å². The summed E-state index contributed by atoms with van der Waals surface area (Å²) in [4.78, 5) is 13.6. The molecule has 2 rings (SSSR count). The van der Waals surface area contributed by atoms with E-state index >= 15 is 0 Å². The van der Waals surface area contributed by atoms with Crippen molar-refractivity contribution in [2.45, 2.75) is 13.5 Å². The van der Waals surface area contributed by atoms with E-state index < -0.39 is 0 Å². The lowest BCUT2D eigenvalue weighted by atomic mass is 10.2. The van der Waals surface area contributed by atoms with Gasteiger partial charge in [-0.25, -0.2) is 15.0 Å². The summed E-state index contributed by atoms with van der Waals surface area (Å²) in [7, 11) is 0. The van der Waals surface area contributed by atoms with Gasteiger partial charge in [-0.3, -0.25) is 0 Å². The molecule has 0 saturated carbocycles. The van der Waals surface area contributed by atoms with Gasteiger partial charge in [0, 0.05) is 18.0 Å². The van der Waals surface area contributed by atoms with Crippen LogP contribution in [-0.4, -0.2) is 15.0 Å². The molecule has 0 bridgehead atoms. The molecular weight excluding hydrogens is 196 g/mol. The molecule has 0 atom stereocenters. The molecule has 0 aliphatic heterocycles. The van der Waals surface area contributed by atoms with Gasteiger partial charge in [-0.1, -0.05) is 0 Å². The Morgan fingerprint density at radius 3 is 2.50 bits per heavy atom. The van der Waals surface area contributed by atoms with E-state index in [0.717, 1.165) is 16.1 Å². The standard InChI is InChI=1S/C9H10N4S/c1-6-9(14-5-13-6)7-3-11-8(2-10)12-4-7/h3-5H,2,10H2,1H3. The van der Waals surface area contributed by atoms with Gasteiger partial charge in [-0.15, -0.1) is 11.3 Å². The number of thiazole rings is 1. The Kier molecular flexibility index (Phi) is 2.51. The second-order valence-electron chi connectivity index (χ2n) is 2.86. The minimum atomic E-state index is 0.377. The summed E-state index contributed by atoms with van der Waals surface area (Å²) in [5.41, 5.74) is 9.25. The molecule has 2 heterocycles. The first kappa shape index (κ1) is 9.23. The van der Waals surface area contributed by atoms with E-state index in [1.54, 1.807) is 23.7 Å². The average Bonchev–Trinajstić information content (AvgIpc) is 2.65. The monoisotopic (exact) mass is 206 g/mol. The van der Waals surface area contributed by atoms with Gasteiger partial charge < -0.3 is 5.73 Å². The largest absolute Gasteiger partial charge is 0.324 e. The van der Waals surface area contributed by atoms with Gasteiger partial charge in [-0.2, -0.15) is 0 Å². The summed E-state index contributed by atoms with van der Waals surface area (Å²) < 4.78 is 0. The Morgan fingerprint density at radius 1 is 1.29 bits per heavy atom. The van der Waals surface area contributed by atoms with E-state index in [1.807, 2.05) is 12.4 Å². The Balaban J connectivity index is 2.39. The lowest BCUT2D eigenvalue weighted by molar-refractivity contribution is 0.910. The van der Waals surface area contributed by atoms with Crippen LogP contribution in [-0.2, 0) is 6.54 Å². The number of hydrogen-bond donors (Lipinski definition) is 1. The maximum Gasteiger partial charge on any atom is 0.141 e. The van der Waals surface area contributed by atoms with E-state index in [9.17, 15) is 0 Å². The highest BCUT2D eigenvalue weighted by Gasteiger charge is 2.05. The van der Waals surface area contributed by atoms with Gasteiger partial charge >= 0.3 is 0 Å². The van der Waals surface area contributed by atoms with Crippen LogP contribution in [0.2, 0.25) is 0 Å². The van der Waals surface area contributed by atoms with Crippen LogP contribution in [0.25, 0.3) is 10.4 Å². The normalized spacial score (nSPS) is 10.4. The number of aromatic nitrogens is 3. The third kappa shape index (κ3) is 1.64. The lowest BCUT2D eigenvalue weighted by Gasteiger charge is -1.98. The first-order chi connectivity index (χ1) is 6.81. The van der Waals surface area contributed by atoms with Gasteiger partial charge in [0.15, 0.2) is 0 Å². The molecule has 14 heavy (non-hydrogen) atoms. The van der Waals surface area contributed by atoms with Crippen LogP contribution in [0.4, 0.5) is 0 Å².